The van der Waals surface area contributed by atoms with Gasteiger partial charge in [-0.2, -0.15) is 0 Å². The van der Waals surface area contributed by atoms with Crippen molar-refractivity contribution in [2.45, 2.75) is 26.8 Å². The van der Waals surface area contributed by atoms with Crippen LogP contribution < -0.4 is 10.6 Å². The summed E-state index contributed by atoms with van der Waals surface area (Å²) >= 11 is 3.40. The SMILES string of the molecule is CCNCC(C)C(=O)N[C@@H](C)c1ccc(Br)cc1. The van der Waals surface area contributed by atoms with Crippen LogP contribution in [0.4, 0.5) is 0 Å². The van der Waals surface area contributed by atoms with Crippen molar-refractivity contribution in [3.8, 4) is 0 Å². The lowest BCUT2D eigenvalue weighted by Gasteiger charge is -2.18. The molecule has 100 valence electrons. The highest BCUT2D eigenvalue weighted by Crippen LogP contribution is 2.16. The first-order valence-electron chi connectivity index (χ1n) is 6.31. The summed E-state index contributed by atoms with van der Waals surface area (Å²) in [5.41, 5.74) is 1.11. The van der Waals surface area contributed by atoms with Gasteiger partial charge in [0.25, 0.3) is 0 Å². The maximum absolute atomic E-state index is 11.9. The molecule has 0 aliphatic rings. The molecule has 1 amide bonds. The van der Waals surface area contributed by atoms with E-state index in [1.54, 1.807) is 0 Å². The minimum atomic E-state index is -0.0113. The Morgan fingerprint density at radius 3 is 2.44 bits per heavy atom. The zero-order chi connectivity index (χ0) is 13.5. The third kappa shape index (κ3) is 4.78. The van der Waals surface area contributed by atoms with Gasteiger partial charge in [-0.05, 0) is 31.2 Å². The molecule has 0 radical (unpaired) electrons. The summed E-state index contributed by atoms with van der Waals surface area (Å²) < 4.78 is 1.05. The van der Waals surface area contributed by atoms with Gasteiger partial charge in [0.05, 0.1) is 6.04 Å². The van der Waals surface area contributed by atoms with Crippen molar-refractivity contribution in [3.05, 3.63) is 34.3 Å². The summed E-state index contributed by atoms with van der Waals surface area (Å²) in [6.45, 7) is 7.58. The Bertz CT molecular complexity index is 378. The van der Waals surface area contributed by atoms with Crippen LogP contribution in [0, 0.1) is 5.92 Å². The highest BCUT2D eigenvalue weighted by atomic mass is 79.9. The number of carbonyl (C=O) groups is 1. The smallest absolute Gasteiger partial charge is 0.224 e. The Morgan fingerprint density at radius 2 is 1.89 bits per heavy atom. The number of nitrogens with one attached hydrogen (secondary N) is 2. The minimum absolute atomic E-state index is 0.0113. The molecular formula is C14H21BrN2O. The fourth-order valence-corrected chi connectivity index (χ4v) is 1.91. The zero-order valence-electron chi connectivity index (χ0n) is 11.2. The number of carbonyl (C=O) groups excluding carboxylic acids is 1. The second-order valence-corrected chi connectivity index (χ2v) is 5.41. The van der Waals surface area contributed by atoms with Crippen molar-refractivity contribution in [1.29, 1.82) is 0 Å². The van der Waals surface area contributed by atoms with Gasteiger partial charge in [-0.3, -0.25) is 4.79 Å². The van der Waals surface area contributed by atoms with E-state index in [-0.39, 0.29) is 17.9 Å². The molecule has 0 fully saturated rings. The van der Waals surface area contributed by atoms with Gasteiger partial charge in [0, 0.05) is 16.9 Å². The van der Waals surface area contributed by atoms with E-state index >= 15 is 0 Å². The number of halogens is 1. The Labute approximate surface area is 117 Å². The molecule has 1 aromatic carbocycles. The third-order valence-corrected chi connectivity index (χ3v) is 3.41. The van der Waals surface area contributed by atoms with E-state index in [1.165, 1.54) is 0 Å². The normalized spacial score (nSPS) is 14.0. The zero-order valence-corrected chi connectivity index (χ0v) is 12.8. The molecular weight excluding hydrogens is 292 g/mol. The average molecular weight is 313 g/mol. The van der Waals surface area contributed by atoms with Crippen LogP contribution in [0.2, 0.25) is 0 Å². The lowest BCUT2D eigenvalue weighted by Crippen LogP contribution is -2.36. The van der Waals surface area contributed by atoms with Gasteiger partial charge in [0.15, 0.2) is 0 Å². The molecule has 1 aromatic rings. The maximum atomic E-state index is 11.9. The standard InChI is InChI=1S/C14H21BrN2O/c1-4-16-9-10(2)14(18)17-11(3)12-5-7-13(15)8-6-12/h5-8,10-11,16H,4,9H2,1-3H3,(H,17,18)/t10?,11-/m0/s1. The van der Waals surface area contributed by atoms with Crippen LogP contribution in [-0.2, 0) is 4.79 Å². The Balaban J connectivity index is 2.51. The van der Waals surface area contributed by atoms with Crippen molar-refractivity contribution < 1.29 is 4.79 Å². The second-order valence-electron chi connectivity index (χ2n) is 4.49. The Kier molecular flexibility index (Phi) is 6.36. The first-order valence-corrected chi connectivity index (χ1v) is 7.10. The van der Waals surface area contributed by atoms with Crippen molar-refractivity contribution in [3.63, 3.8) is 0 Å². The van der Waals surface area contributed by atoms with Crippen LogP contribution in [-0.4, -0.2) is 19.0 Å². The number of amides is 1. The Hall–Kier alpha value is -0.870. The van der Waals surface area contributed by atoms with Crippen molar-refractivity contribution in [2.24, 2.45) is 5.92 Å². The molecule has 0 heterocycles. The fraction of sp³-hybridized carbons (Fsp3) is 0.500. The number of benzene rings is 1. The first kappa shape index (κ1) is 15.2. The summed E-state index contributed by atoms with van der Waals surface area (Å²) in [7, 11) is 0. The molecule has 0 spiro atoms. The van der Waals surface area contributed by atoms with Crippen molar-refractivity contribution >= 4 is 21.8 Å². The molecule has 0 aliphatic carbocycles. The van der Waals surface area contributed by atoms with Gasteiger partial charge in [-0.1, -0.05) is 41.9 Å². The number of hydrogen-bond acceptors (Lipinski definition) is 2. The van der Waals surface area contributed by atoms with E-state index in [1.807, 2.05) is 45.0 Å². The van der Waals surface area contributed by atoms with Crippen LogP contribution in [0.15, 0.2) is 28.7 Å². The summed E-state index contributed by atoms with van der Waals surface area (Å²) in [6.07, 6.45) is 0. The summed E-state index contributed by atoms with van der Waals surface area (Å²) in [5, 5.41) is 6.21. The van der Waals surface area contributed by atoms with Crippen LogP contribution in [0.5, 0.6) is 0 Å². The predicted octanol–water partition coefficient (Wildman–Crippen LogP) is 2.87. The second kappa shape index (κ2) is 7.54. The molecule has 0 bridgehead atoms. The van der Waals surface area contributed by atoms with Crippen molar-refractivity contribution in [2.75, 3.05) is 13.1 Å². The number of hydrogen-bond donors (Lipinski definition) is 2. The molecule has 0 aromatic heterocycles. The molecule has 2 N–H and O–H groups in total. The largest absolute Gasteiger partial charge is 0.349 e. The van der Waals surface area contributed by atoms with Crippen LogP contribution >= 0.6 is 15.9 Å². The molecule has 18 heavy (non-hydrogen) atoms. The molecule has 3 nitrogen and oxygen atoms in total. The van der Waals surface area contributed by atoms with Gasteiger partial charge in [-0.25, -0.2) is 0 Å². The molecule has 4 heteroatoms. The lowest BCUT2D eigenvalue weighted by atomic mass is 10.1. The van der Waals surface area contributed by atoms with E-state index in [2.05, 4.69) is 26.6 Å². The maximum Gasteiger partial charge on any atom is 0.224 e. The quantitative estimate of drug-likeness (QED) is 0.848. The van der Waals surface area contributed by atoms with Gasteiger partial charge in [-0.15, -0.1) is 0 Å². The highest BCUT2D eigenvalue weighted by Gasteiger charge is 2.15. The summed E-state index contributed by atoms with van der Waals surface area (Å²) in [4.78, 5) is 11.9. The van der Waals surface area contributed by atoms with Gasteiger partial charge >= 0.3 is 0 Å². The van der Waals surface area contributed by atoms with E-state index < -0.39 is 0 Å². The molecule has 1 rings (SSSR count). The third-order valence-electron chi connectivity index (χ3n) is 2.88. The predicted molar refractivity (Wildman–Crippen MR) is 78.4 cm³/mol. The monoisotopic (exact) mass is 312 g/mol. The van der Waals surface area contributed by atoms with Crippen LogP contribution in [0.25, 0.3) is 0 Å². The molecule has 0 saturated heterocycles. The number of rotatable bonds is 6. The summed E-state index contributed by atoms with van der Waals surface area (Å²) in [5.74, 6) is 0.0780. The van der Waals surface area contributed by atoms with Crippen LogP contribution in [0.3, 0.4) is 0 Å². The van der Waals surface area contributed by atoms with E-state index in [9.17, 15) is 4.79 Å². The van der Waals surface area contributed by atoms with E-state index in [0.717, 1.165) is 23.1 Å². The van der Waals surface area contributed by atoms with Gasteiger partial charge in [0.1, 0.15) is 0 Å². The topological polar surface area (TPSA) is 41.1 Å². The van der Waals surface area contributed by atoms with Crippen molar-refractivity contribution in [1.82, 2.24) is 10.6 Å². The van der Waals surface area contributed by atoms with Crippen LogP contribution in [0.1, 0.15) is 32.4 Å². The fourth-order valence-electron chi connectivity index (χ4n) is 1.64. The highest BCUT2D eigenvalue weighted by molar-refractivity contribution is 9.10. The molecule has 0 aliphatic heterocycles. The van der Waals surface area contributed by atoms with Gasteiger partial charge < -0.3 is 10.6 Å². The summed E-state index contributed by atoms with van der Waals surface area (Å²) in [6, 6.07) is 8.04. The molecule has 1 unspecified atom stereocenters. The molecule has 2 atom stereocenters. The minimum Gasteiger partial charge on any atom is -0.349 e. The van der Waals surface area contributed by atoms with E-state index in [4.69, 9.17) is 0 Å². The first-order chi connectivity index (χ1) is 8.54. The Morgan fingerprint density at radius 1 is 1.28 bits per heavy atom. The lowest BCUT2D eigenvalue weighted by molar-refractivity contribution is -0.125. The average Bonchev–Trinajstić information content (AvgIpc) is 2.36. The molecule has 0 saturated carbocycles. The van der Waals surface area contributed by atoms with E-state index in [0.29, 0.717) is 0 Å². The van der Waals surface area contributed by atoms with Gasteiger partial charge in [0.2, 0.25) is 5.91 Å².